The molecule has 1 amide bonds. The Kier molecular flexibility index (Phi) is 6.21. The Hall–Kier alpha value is -3.43. The van der Waals surface area contributed by atoms with E-state index in [2.05, 4.69) is 15.0 Å². The van der Waals surface area contributed by atoms with Gasteiger partial charge in [0.2, 0.25) is 0 Å². The highest BCUT2D eigenvalue weighted by molar-refractivity contribution is 6.30. The van der Waals surface area contributed by atoms with E-state index >= 15 is 0 Å². The molecule has 35 heavy (non-hydrogen) atoms. The zero-order chi connectivity index (χ0) is 24.6. The van der Waals surface area contributed by atoms with Gasteiger partial charge in [-0.25, -0.2) is 4.68 Å². The van der Waals surface area contributed by atoms with Crippen LogP contribution in [0.4, 0.5) is 13.2 Å². The number of fused-ring (bicyclic) bond motifs is 1. The Morgan fingerprint density at radius 1 is 1.00 bits per heavy atom. The van der Waals surface area contributed by atoms with Gasteiger partial charge in [0.05, 0.1) is 23.0 Å². The fourth-order valence-electron chi connectivity index (χ4n) is 4.40. The third-order valence-electron chi connectivity index (χ3n) is 6.09. The van der Waals surface area contributed by atoms with Crippen LogP contribution < -0.4 is 0 Å². The van der Waals surface area contributed by atoms with Crippen LogP contribution in [-0.4, -0.2) is 56.7 Å². The van der Waals surface area contributed by atoms with Crippen molar-refractivity contribution in [3.8, 4) is 5.69 Å². The van der Waals surface area contributed by atoms with E-state index in [1.54, 1.807) is 12.3 Å². The smallest absolute Gasteiger partial charge is 0.336 e. The predicted molar refractivity (Wildman–Crippen MR) is 126 cm³/mol. The first-order chi connectivity index (χ1) is 16.8. The van der Waals surface area contributed by atoms with E-state index in [-0.39, 0.29) is 10.7 Å². The molecule has 0 spiro atoms. The van der Waals surface area contributed by atoms with Gasteiger partial charge in [0.25, 0.3) is 5.91 Å². The summed E-state index contributed by atoms with van der Waals surface area (Å²) >= 11 is 5.95. The quantitative estimate of drug-likeness (QED) is 0.394. The van der Waals surface area contributed by atoms with Crippen molar-refractivity contribution in [2.75, 3.05) is 26.2 Å². The molecule has 0 atom stereocenters. The average Bonchev–Trinajstić information content (AvgIpc) is 3.31. The van der Waals surface area contributed by atoms with E-state index in [4.69, 9.17) is 11.6 Å². The number of halogens is 4. The largest absolute Gasteiger partial charge is 0.434 e. The van der Waals surface area contributed by atoms with Crippen LogP contribution in [0.2, 0.25) is 5.02 Å². The predicted octanol–water partition coefficient (Wildman–Crippen LogP) is 5.05. The van der Waals surface area contributed by atoms with Crippen LogP contribution >= 0.6 is 11.6 Å². The molecule has 180 valence electrons. The Balaban J connectivity index is 1.33. The van der Waals surface area contributed by atoms with Crippen molar-refractivity contribution in [3.05, 3.63) is 88.8 Å². The van der Waals surface area contributed by atoms with Crippen LogP contribution in [0.3, 0.4) is 0 Å². The van der Waals surface area contributed by atoms with Crippen LogP contribution in [-0.2, 0) is 12.7 Å². The van der Waals surface area contributed by atoms with Crippen molar-refractivity contribution in [2.45, 2.75) is 12.7 Å². The molecule has 0 N–H and O–H groups in total. The number of carbonyl (C=O) groups excluding carboxylic acids is 1. The summed E-state index contributed by atoms with van der Waals surface area (Å²) in [6.07, 6.45) is -2.03. The zero-order valence-electron chi connectivity index (χ0n) is 18.5. The SMILES string of the molecule is O=C(c1cnn(-c2cccc(Cl)c2)c1C(F)(F)F)N1CCN(Cc2cccc3cccnc23)CC1. The second-order valence-corrected chi connectivity index (χ2v) is 8.79. The fourth-order valence-corrected chi connectivity index (χ4v) is 4.58. The summed E-state index contributed by atoms with van der Waals surface area (Å²) in [5, 5.41) is 5.21. The Bertz CT molecular complexity index is 1370. The molecule has 1 fully saturated rings. The van der Waals surface area contributed by atoms with Gasteiger partial charge in [-0.3, -0.25) is 14.7 Å². The molecule has 4 aromatic rings. The molecule has 0 radical (unpaired) electrons. The van der Waals surface area contributed by atoms with Gasteiger partial charge in [-0.2, -0.15) is 18.3 Å². The van der Waals surface area contributed by atoms with Crippen molar-refractivity contribution in [1.29, 1.82) is 0 Å². The number of hydrogen-bond donors (Lipinski definition) is 0. The highest BCUT2D eigenvalue weighted by Gasteiger charge is 2.41. The Morgan fingerprint density at radius 3 is 2.49 bits per heavy atom. The molecule has 0 aliphatic carbocycles. The first-order valence-electron chi connectivity index (χ1n) is 11.1. The number of piperazine rings is 1. The van der Waals surface area contributed by atoms with E-state index in [1.165, 1.54) is 23.1 Å². The monoisotopic (exact) mass is 499 g/mol. The van der Waals surface area contributed by atoms with Gasteiger partial charge in [-0.1, -0.05) is 41.9 Å². The molecule has 5 rings (SSSR count). The molecule has 1 saturated heterocycles. The second-order valence-electron chi connectivity index (χ2n) is 8.36. The summed E-state index contributed by atoms with van der Waals surface area (Å²) < 4.78 is 42.8. The van der Waals surface area contributed by atoms with Crippen molar-refractivity contribution >= 4 is 28.4 Å². The lowest BCUT2D eigenvalue weighted by Gasteiger charge is -2.35. The van der Waals surface area contributed by atoms with Crippen LogP contribution in [0.1, 0.15) is 21.6 Å². The molecule has 3 heterocycles. The van der Waals surface area contributed by atoms with E-state index in [0.29, 0.717) is 32.7 Å². The van der Waals surface area contributed by atoms with E-state index < -0.39 is 23.3 Å². The molecular formula is C25H21ClF3N5O. The van der Waals surface area contributed by atoms with Gasteiger partial charge in [0.1, 0.15) is 0 Å². The first-order valence-corrected chi connectivity index (χ1v) is 11.4. The molecule has 1 aliphatic heterocycles. The third-order valence-corrected chi connectivity index (χ3v) is 6.33. The van der Waals surface area contributed by atoms with Gasteiger partial charge in [-0.15, -0.1) is 0 Å². The van der Waals surface area contributed by atoms with Crippen LogP contribution in [0.25, 0.3) is 16.6 Å². The minimum Gasteiger partial charge on any atom is -0.336 e. The number of amides is 1. The molecular weight excluding hydrogens is 479 g/mol. The number of para-hydroxylation sites is 1. The van der Waals surface area contributed by atoms with Gasteiger partial charge in [0.15, 0.2) is 5.69 Å². The molecule has 0 saturated carbocycles. The molecule has 6 nitrogen and oxygen atoms in total. The van der Waals surface area contributed by atoms with Gasteiger partial charge in [0, 0.05) is 49.3 Å². The van der Waals surface area contributed by atoms with Crippen LogP contribution in [0, 0.1) is 0 Å². The summed E-state index contributed by atoms with van der Waals surface area (Å²) in [5.74, 6) is -0.683. The number of rotatable bonds is 4. The summed E-state index contributed by atoms with van der Waals surface area (Å²) in [6, 6.07) is 15.8. The number of carbonyl (C=O) groups is 1. The maximum absolute atomic E-state index is 14.0. The summed E-state index contributed by atoms with van der Waals surface area (Å²) in [5.41, 5.74) is 0.567. The summed E-state index contributed by atoms with van der Waals surface area (Å²) in [6.45, 7) is 2.36. The number of benzene rings is 2. The lowest BCUT2D eigenvalue weighted by Crippen LogP contribution is -2.48. The topological polar surface area (TPSA) is 54.3 Å². The number of hydrogen-bond acceptors (Lipinski definition) is 4. The van der Waals surface area contributed by atoms with E-state index in [9.17, 15) is 18.0 Å². The second kappa shape index (κ2) is 9.31. The minimum atomic E-state index is -4.77. The Morgan fingerprint density at radius 2 is 1.74 bits per heavy atom. The first kappa shape index (κ1) is 23.3. The van der Waals surface area contributed by atoms with Crippen LogP contribution in [0.5, 0.6) is 0 Å². The minimum absolute atomic E-state index is 0.136. The number of aromatic nitrogens is 3. The standard InChI is InChI=1S/C25H21ClF3N5O/c26-19-7-2-8-20(14-19)34-23(25(27,28)29)21(15-31-34)24(35)33-12-10-32(11-13-33)16-18-5-1-4-17-6-3-9-30-22(17)18/h1-9,14-15H,10-13,16H2. The highest BCUT2D eigenvalue weighted by Crippen LogP contribution is 2.34. The Labute approximate surface area is 204 Å². The van der Waals surface area contributed by atoms with Crippen molar-refractivity contribution in [3.63, 3.8) is 0 Å². The number of nitrogens with zero attached hydrogens (tertiary/aromatic N) is 5. The summed E-state index contributed by atoms with van der Waals surface area (Å²) in [7, 11) is 0. The van der Waals surface area contributed by atoms with E-state index in [0.717, 1.165) is 27.3 Å². The zero-order valence-corrected chi connectivity index (χ0v) is 19.3. The number of pyridine rings is 1. The van der Waals surface area contributed by atoms with Crippen molar-refractivity contribution in [2.24, 2.45) is 0 Å². The molecule has 2 aromatic carbocycles. The molecule has 10 heteroatoms. The van der Waals surface area contributed by atoms with Gasteiger partial charge >= 0.3 is 6.18 Å². The molecule has 2 aromatic heterocycles. The third kappa shape index (κ3) is 4.74. The fraction of sp³-hybridized carbons (Fsp3) is 0.240. The average molecular weight is 500 g/mol. The number of alkyl halides is 3. The lowest BCUT2D eigenvalue weighted by molar-refractivity contribution is -0.143. The lowest BCUT2D eigenvalue weighted by atomic mass is 10.1. The maximum atomic E-state index is 14.0. The van der Waals surface area contributed by atoms with E-state index in [1.807, 2.05) is 30.3 Å². The highest BCUT2D eigenvalue weighted by atomic mass is 35.5. The molecule has 0 unspecified atom stereocenters. The van der Waals surface area contributed by atoms with Gasteiger partial charge < -0.3 is 4.90 Å². The van der Waals surface area contributed by atoms with Crippen molar-refractivity contribution in [1.82, 2.24) is 24.6 Å². The molecule has 0 bridgehead atoms. The van der Waals surface area contributed by atoms with Crippen molar-refractivity contribution < 1.29 is 18.0 Å². The summed E-state index contributed by atoms with van der Waals surface area (Å²) in [4.78, 5) is 21.2. The van der Waals surface area contributed by atoms with Crippen LogP contribution in [0.15, 0.2) is 67.0 Å². The normalized spacial score (nSPS) is 15.0. The van der Waals surface area contributed by atoms with Gasteiger partial charge in [-0.05, 0) is 29.8 Å². The molecule has 1 aliphatic rings. The maximum Gasteiger partial charge on any atom is 0.434 e.